The highest BCUT2D eigenvalue weighted by atomic mass is 16.6. The van der Waals surface area contributed by atoms with Crippen LogP contribution < -0.4 is 10.5 Å². The lowest BCUT2D eigenvalue weighted by molar-refractivity contribution is -0.385. The zero-order valence-corrected chi connectivity index (χ0v) is 11.8. The maximum atomic E-state index is 11.1. The van der Waals surface area contributed by atoms with Gasteiger partial charge in [-0.1, -0.05) is 13.0 Å². The lowest BCUT2D eigenvalue weighted by Crippen LogP contribution is -2.08. The summed E-state index contributed by atoms with van der Waals surface area (Å²) in [4.78, 5) is 10.6. The molecule has 1 aromatic heterocycles. The van der Waals surface area contributed by atoms with Gasteiger partial charge in [0.1, 0.15) is 0 Å². The first-order chi connectivity index (χ1) is 10.1. The zero-order chi connectivity index (χ0) is 15.4. The molecule has 2 aromatic rings. The summed E-state index contributed by atoms with van der Waals surface area (Å²) in [5, 5.41) is 18.9. The first-order valence-electron chi connectivity index (χ1n) is 6.58. The van der Waals surface area contributed by atoms with Crippen LogP contribution in [0.4, 0.5) is 5.69 Å². The Kier molecular flexibility index (Phi) is 4.49. The molecular weight excluding hydrogens is 276 g/mol. The third kappa shape index (κ3) is 3.00. The van der Waals surface area contributed by atoms with Crippen molar-refractivity contribution in [3.05, 3.63) is 34.2 Å². The topological polar surface area (TPSA) is 117 Å². The standard InChI is InChI=1S/C13H16N4O4/c1-3-9(14)13-16-15-12(21-13)8-6-5-7-10(17(18)19)11(8)20-4-2/h5-7,9H,3-4,14H2,1-2H3. The summed E-state index contributed by atoms with van der Waals surface area (Å²) < 4.78 is 10.9. The maximum absolute atomic E-state index is 11.1. The lowest BCUT2D eigenvalue weighted by atomic mass is 10.1. The Balaban J connectivity index is 2.50. The number of nitrogens with two attached hydrogens (primary N) is 1. The minimum Gasteiger partial charge on any atom is -0.487 e. The molecule has 112 valence electrons. The molecule has 0 amide bonds. The predicted octanol–water partition coefficient (Wildman–Crippen LogP) is 2.45. The van der Waals surface area contributed by atoms with Gasteiger partial charge >= 0.3 is 5.69 Å². The highest BCUT2D eigenvalue weighted by Crippen LogP contribution is 2.37. The van der Waals surface area contributed by atoms with Crippen molar-refractivity contribution in [1.82, 2.24) is 10.2 Å². The highest BCUT2D eigenvalue weighted by Gasteiger charge is 2.23. The molecule has 0 bridgehead atoms. The van der Waals surface area contributed by atoms with Gasteiger partial charge in [0.05, 0.1) is 23.1 Å². The van der Waals surface area contributed by atoms with E-state index in [-0.39, 0.29) is 30.0 Å². The van der Waals surface area contributed by atoms with Crippen LogP contribution in [0.5, 0.6) is 5.75 Å². The summed E-state index contributed by atoms with van der Waals surface area (Å²) >= 11 is 0. The number of nitro benzene ring substituents is 1. The van der Waals surface area contributed by atoms with E-state index in [1.807, 2.05) is 6.92 Å². The fourth-order valence-corrected chi connectivity index (χ4v) is 1.80. The minimum atomic E-state index is -0.510. The van der Waals surface area contributed by atoms with Gasteiger partial charge in [-0.15, -0.1) is 10.2 Å². The Bertz CT molecular complexity index is 641. The van der Waals surface area contributed by atoms with Crippen LogP contribution >= 0.6 is 0 Å². The van der Waals surface area contributed by atoms with Gasteiger partial charge in [0.25, 0.3) is 5.89 Å². The molecule has 0 aliphatic carbocycles. The fraction of sp³-hybridized carbons (Fsp3) is 0.385. The second-order valence-corrected chi connectivity index (χ2v) is 4.30. The summed E-state index contributed by atoms with van der Waals surface area (Å²) in [6.07, 6.45) is 0.648. The third-order valence-electron chi connectivity index (χ3n) is 2.91. The third-order valence-corrected chi connectivity index (χ3v) is 2.91. The molecule has 1 aromatic carbocycles. The van der Waals surface area contributed by atoms with E-state index in [0.717, 1.165) is 0 Å². The molecule has 2 rings (SSSR count). The maximum Gasteiger partial charge on any atom is 0.311 e. The number of rotatable bonds is 6. The van der Waals surface area contributed by atoms with Gasteiger partial charge < -0.3 is 14.9 Å². The Morgan fingerprint density at radius 3 is 2.81 bits per heavy atom. The second-order valence-electron chi connectivity index (χ2n) is 4.30. The number of aromatic nitrogens is 2. The van der Waals surface area contributed by atoms with Crippen molar-refractivity contribution in [3.63, 3.8) is 0 Å². The van der Waals surface area contributed by atoms with Crippen LogP contribution in [0.3, 0.4) is 0 Å². The average molecular weight is 292 g/mol. The molecule has 0 radical (unpaired) electrons. The van der Waals surface area contributed by atoms with Crippen molar-refractivity contribution >= 4 is 5.69 Å². The molecule has 1 unspecified atom stereocenters. The predicted molar refractivity (Wildman–Crippen MR) is 74.8 cm³/mol. The second kappa shape index (κ2) is 6.31. The quantitative estimate of drug-likeness (QED) is 0.641. The van der Waals surface area contributed by atoms with Gasteiger partial charge in [-0.2, -0.15) is 0 Å². The number of hydrogen-bond donors (Lipinski definition) is 1. The van der Waals surface area contributed by atoms with E-state index in [1.54, 1.807) is 19.1 Å². The van der Waals surface area contributed by atoms with Crippen LogP contribution in [-0.4, -0.2) is 21.7 Å². The molecule has 21 heavy (non-hydrogen) atoms. The van der Waals surface area contributed by atoms with Crippen LogP contribution in [0.25, 0.3) is 11.5 Å². The number of para-hydroxylation sites is 1. The largest absolute Gasteiger partial charge is 0.487 e. The van der Waals surface area contributed by atoms with Crippen LogP contribution in [0.2, 0.25) is 0 Å². The molecule has 0 aliphatic rings. The number of nitro groups is 1. The number of ether oxygens (including phenoxy) is 1. The fourth-order valence-electron chi connectivity index (χ4n) is 1.80. The zero-order valence-electron chi connectivity index (χ0n) is 11.8. The SMILES string of the molecule is CCOc1c(-c2nnc(C(N)CC)o2)cccc1[N+](=O)[O-]. The van der Waals surface area contributed by atoms with E-state index in [9.17, 15) is 10.1 Å². The van der Waals surface area contributed by atoms with E-state index in [1.165, 1.54) is 6.07 Å². The Morgan fingerprint density at radius 1 is 1.43 bits per heavy atom. The smallest absolute Gasteiger partial charge is 0.311 e. The van der Waals surface area contributed by atoms with E-state index < -0.39 is 4.92 Å². The van der Waals surface area contributed by atoms with E-state index in [4.69, 9.17) is 14.9 Å². The molecule has 0 spiro atoms. The molecule has 0 aliphatic heterocycles. The van der Waals surface area contributed by atoms with Gasteiger partial charge in [0.15, 0.2) is 0 Å². The first kappa shape index (κ1) is 14.9. The molecule has 1 heterocycles. The van der Waals surface area contributed by atoms with Gasteiger partial charge in [0.2, 0.25) is 11.6 Å². The number of nitrogens with zero attached hydrogens (tertiary/aromatic N) is 3. The van der Waals surface area contributed by atoms with Crippen molar-refractivity contribution in [1.29, 1.82) is 0 Å². The van der Waals surface area contributed by atoms with Crippen LogP contribution in [0.1, 0.15) is 32.2 Å². The van der Waals surface area contributed by atoms with Crippen LogP contribution in [-0.2, 0) is 0 Å². The summed E-state index contributed by atoms with van der Waals surface area (Å²) in [6, 6.07) is 4.18. The molecule has 8 heteroatoms. The molecular formula is C13H16N4O4. The molecule has 0 saturated carbocycles. The van der Waals surface area contributed by atoms with Crippen molar-refractivity contribution in [2.24, 2.45) is 5.73 Å². The molecule has 0 fully saturated rings. The molecule has 1 atom stereocenters. The van der Waals surface area contributed by atoms with Gasteiger partial charge in [0, 0.05) is 6.07 Å². The van der Waals surface area contributed by atoms with E-state index >= 15 is 0 Å². The lowest BCUT2D eigenvalue weighted by Gasteiger charge is -2.07. The number of benzene rings is 1. The summed E-state index contributed by atoms with van der Waals surface area (Å²) in [5.41, 5.74) is 6.06. The van der Waals surface area contributed by atoms with Crippen LogP contribution in [0, 0.1) is 10.1 Å². The number of hydrogen-bond acceptors (Lipinski definition) is 7. The van der Waals surface area contributed by atoms with Crippen molar-refractivity contribution in [3.8, 4) is 17.2 Å². The van der Waals surface area contributed by atoms with E-state index in [0.29, 0.717) is 17.9 Å². The molecule has 2 N–H and O–H groups in total. The minimum absolute atomic E-state index is 0.116. The normalized spacial score (nSPS) is 12.1. The highest BCUT2D eigenvalue weighted by molar-refractivity contribution is 5.69. The Hall–Kier alpha value is -2.48. The van der Waals surface area contributed by atoms with Gasteiger partial charge in [-0.3, -0.25) is 10.1 Å². The average Bonchev–Trinajstić information content (AvgIpc) is 2.96. The first-order valence-corrected chi connectivity index (χ1v) is 6.58. The summed E-state index contributed by atoms with van der Waals surface area (Å²) in [5.74, 6) is 0.563. The van der Waals surface area contributed by atoms with Gasteiger partial charge in [-0.05, 0) is 19.4 Å². The molecule has 0 saturated heterocycles. The summed E-state index contributed by atoms with van der Waals surface area (Å²) in [6.45, 7) is 3.92. The van der Waals surface area contributed by atoms with Crippen molar-refractivity contribution < 1.29 is 14.1 Å². The Labute approximate surface area is 121 Å². The summed E-state index contributed by atoms with van der Waals surface area (Å²) in [7, 11) is 0. The Morgan fingerprint density at radius 2 is 2.19 bits per heavy atom. The van der Waals surface area contributed by atoms with Crippen molar-refractivity contribution in [2.45, 2.75) is 26.3 Å². The van der Waals surface area contributed by atoms with Crippen LogP contribution in [0.15, 0.2) is 22.6 Å². The van der Waals surface area contributed by atoms with E-state index in [2.05, 4.69) is 10.2 Å². The van der Waals surface area contributed by atoms with Crippen molar-refractivity contribution in [2.75, 3.05) is 6.61 Å². The van der Waals surface area contributed by atoms with Gasteiger partial charge in [-0.25, -0.2) is 0 Å². The molecule has 8 nitrogen and oxygen atoms in total. The monoisotopic (exact) mass is 292 g/mol.